The van der Waals surface area contributed by atoms with E-state index in [-0.39, 0.29) is 0 Å². The largest absolute Gasteiger partial charge is 0.492 e. The Bertz CT molecular complexity index is 1360. The molecule has 1 aliphatic heterocycles. The highest BCUT2D eigenvalue weighted by atomic mass is 35.5. The number of piperidine rings is 1. The molecule has 3 N–H and O–H groups in total. The van der Waals surface area contributed by atoms with Gasteiger partial charge in [0.1, 0.15) is 5.75 Å². The number of nitrogens with zero attached hydrogens (tertiary/aromatic N) is 1. The minimum Gasteiger partial charge on any atom is -0.492 e. The highest BCUT2D eigenvalue weighted by Crippen LogP contribution is 2.41. The maximum atomic E-state index is 6.77. The number of aryl methyl sites for hydroxylation is 2. The summed E-state index contributed by atoms with van der Waals surface area (Å²) in [4.78, 5) is 4.81. The molecule has 0 aliphatic carbocycles. The number of nitrogens with two attached hydrogens (primary N) is 1. The zero-order valence-electron chi connectivity index (χ0n) is 21.1. The Morgan fingerprint density at radius 2 is 1.83 bits per heavy atom. The summed E-state index contributed by atoms with van der Waals surface area (Å²) >= 11 is 6.77. The van der Waals surface area contributed by atoms with Crippen LogP contribution in [-0.2, 0) is 6.54 Å². The van der Waals surface area contributed by atoms with Gasteiger partial charge in [0.25, 0.3) is 0 Å². The first-order chi connectivity index (χ1) is 17.5. The van der Waals surface area contributed by atoms with Crippen molar-refractivity contribution in [1.82, 2.24) is 10.3 Å². The fourth-order valence-corrected chi connectivity index (χ4v) is 5.51. The summed E-state index contributed by atoms with van der Waals surface area (Å²) in [5.74, 6) is 0.869. The molecule has 2 heterocycles. The lowest BCUT2D eigenvalue weighted by Gasteiger charge is -2.24. The van der Waals surface area contributed by atoms with Crippen molar-refractivity contribution in [3.05, 3.63) is 82.5 Å². The molecule has 0 unspecified atom stereocenters. The third kappa shape index (κ3) is 5.41. The zero-order chi connectivity index (χ0) is 25.1. The number of hydrogen-bond donors (Lipinski definition) is 2. The van der Waals surface area contributed by atoms with Crippen LogP contribution in [0, 0.1) is 13.8 Å². The molecule has 0 bridgehead atoms. The van der Waals surface area contributed by atoms with Gasteiger partial charge in [-0.05, 0) is 74.5 Å². The second kappa shape index (κ2) is 11.0. The van der Waals surface area contributed by atoms with E-state index in [9.17, 15) is 0 Å². The first kappa shape index (κ1) is 24.8. The minimum atomic E-state index is 0.487. The van der Waals surface area contributed by atoms with Crippen LogP contribution in [0.15, 0.2) is 60.8 Å². The molecule has 3 aromatic carbocycles. The highest BCUT2D eigenvalue weighted by Gasteiger charge is 2.18. The molecule has 4 aromatic rings. The number of ether oxygens (including phenoxy) is 1. The van der Waals surface area contributed by atoms with Crippen molar-refractivity contribution in [2.75, 3.05) is 13.2 Å². The highest BCUT2D eigenvalue weighted by molar-refractivity contribution is 6.34. The lowest BCUT2D eigenvalue weighted by atomic mass is 9.97. The Balaban J connectivity index is 1.61. The number of hydrogen-bond acceptors (Lipinski definition) is 4. The maximum Gasteiger partial charge on any atom is 0.138 e. The number of aromatic nitrogens is 1. The van der Waals surface area contributed by atoms with Gasteiger partial charge >= 0.3 is 0 Å². The Hall–Kier alpha value is -2.92. The molecule has 0 radical (unpaired) electrons. The quantitative estimate of drug-likeness (QED) is 0.282. The van der Waals surface area contributed by atoms with Crippen LogP contribution in [0.1, 0.15) is 42.4 Å². The van der Waals surface area contributed by atoms with E-state index in [4.69, 9.17) is 27.1 Å². The van der Waals surface area contributed by atoms with E-state index in [0.717, 1.165) is 57.4 Å². The molecule has 0 amide bonds. The van der Waals surface area contributed by atoms with Gasteiger partial charge in [-0.3, -0.25) is 4.98 Å². The predicted octanol–water partition coefficient (Wildman–Crippen LogP) is 7.21. The molecule has 1 aromatic heterocycles. The smallest absolute Gasteiger partial charge is 0.138 e. The number of pyridine rings is 1. The van der Waals surface area contributed by atoms with Crippen LogP contribution in [0.3, 0.4) is 0 Å². The molecule has 1 atom stereocenters. The fraction of sp³-hybridized carbons (Fsp3) is 0.323. The average Bonchev–Trinajstić information content (AvgIpc) is 2.88. The molecule has 1 saturated heterocycles. The molecule has 0 saturated carbocycles. The molecular weight excluding hydrogens is 466 g/mol. The Morgan fingerprint density at radius 1 is 1.00 bits per heavy atom. The standard InChI is InChI=1S/C31H34ClN3O/c1-20-12-21(2)14-24(13-20)28-19-35-30-17-29(32)26(23-7-5-6-22(15-23)18-33)16-27(30)31(28)36-11-9-25-8-3-4-10-34-25/h5-7,12-17,19,25,34H,3-4,8-11,18,33H2,1-2H3/t25-/m1/s1. The summed E-state index contributed by atoms with van der Waals surface area (Å²) in [7, 11) is 0. The Morgan fingerprint density at radius 3 is 2.58 bits per heavy atom. The predicted molar refractivity (Wildman–Crippen MR) is 151 cm³/mol. The van der Waals surface area contributed by atoms with Gasteiger partial charge in [-0.2, -0.15) is 0 Å². The summed E-state index contributed by atoms with van der Waals surface area (Å²) in [6, 6.07) is 19.4. The Labute approximate surface area is 218 Å². The van der Waals surface area contributed by atoms with Gasteiger partial charge in [-0.15, -0.1) is 0 Å². The van der Waals surface area contributed by atoms with E-state index in [0.29, 0.717) is 24.2 Å². The van der Waals surface area contributed by atoms with Gasteiger partial charge in [0.05, 0.1) is 17.1 Å². The van der Waals surface area contributed by atoms with Gasteiger partial charge in [0.2, 0.25) is 0 Å². The van der Waals surface area contributed by atoms with Crippen LogP contribution in [0.5, 0.6) is 5.75 Å². The van der Waals surface area contributed by atoms with Crippen LogP contribution < -0.4 is 15.8 Å². The van der Waals surface area contributed by atoms with Crippen molar-refractivity contribution in [1.29, 1.82) is 0 Å². The number of fused-ring (bicyclic) bond motifs is 1. The second-order valence-electron chi connectivity index (χ2n) is 9.92. The summed E-state index contributed by atoms with van der Waals surface area (Å²) < 4.78 is 6.62. The third-order valence-electron chi connectivity index (χ3n) is 7.04. The van der Waals surface area contributed by atoms with Crippen molar-refractivity contribution in [2.45, 2.75) is 52.1 Å². The van der Waals surface area contributed by atoms with E-state index < -0.39 is 0 Å². The molecule has 4 nitrogen and oxygen atoms in total. The van der Waals surface area contributed by atoms with Crippen LogP contribution in [0.25, 0.3) is 33.2 Å². The fourth-order valence-electron chi connectivity index (χ4n) is 5.24. The minimum absolute atomic E-state index is 0.487. The molecular formula is C31H34ClN3O. The van der Waals surface area contributed by atoms with Crippen molar-refractivity contribution < 1.29 is 4.74 Å². The van der Waals surface area contributed by atoms with Gasteiger partial charge in [-0.1, -0.05) is 65.5 Å². The maximum absolute atomic E-state index is 6.77. The zero-order valence-corrected chi connectivity index (χ0v) is 21.9. The number of benzene rings is 3. The SMILES string of the molecule is Cc1cc(C)cc(-c2cnc3cc(Cl)c(-c4cccc(CN)c4)cc3c2OCC[C@H]2CCCCN2)c1. The summed E-state index contributed by atoms with van der Waals surface area (Å²) in [6.07, 6.45) is 6.66. The molecule has 5 rings (SSSR count). The van der Waals surface area contributed by atoms with Crippen molar-refractivity contribution in [3.8, 4) is 28.0 Å². The first-order valence-electron chi connectivity index (χ1n) is 12.9. The van der Waals surface area contributed by atoms with Crippen LogP contribution in [-0.4, -0.2) is 24.2 Å². The monoisotopic (exact) mass is 499 g/mol. The summed E-state index contributed by atoms with van der Waals surface area (Å²) in [5.41, 5.74) is 14.4. The van der Waals surface area contributed by atoms with Crippen LogP contribution in [0.4, 0.5) is 0 Å². The van der Waals surface area contributed by atoms with E-state index in [1.54, 1.807) is 0 Å². The van der Waals surface area contributed by atoms with Crippen LogP contribution in [0.2, 0.25) is 5.02 Å². The van der Waals surface area contributed by atoms with Gasteiger partial charge in [-0.25, -0.2) is 0 Å². The molecule has 36 heavy (non-hydrogen) atoms. The van der Waals surface area contributed by atoms with Gasteiger partial charge in [0, 0.05) is 35.3 Å². The van der Waals surface area contributed by atoms with Gasteiger partial charge in [0.15, 0.2) is 0 Å². The van der Waals surface area contributed by atoms with E-state index >= 15 is 0 Å². The molecule has 0 spiro atoms. The first-order valence-corrected chi connectivity index (χ1v) is 13.3. The van der Waals surface area contributed by atoms with E-state index in [1.807, 2.05) is 24.4 Å². The lowest BCUT2D eigenvalue weighted by molar-refractivity contribution is 0.271. The molecule has 5 heteroatoms. The van der Waals surface area contributed by atoms with Gasteiger partial charge < -0.3 is 15.8 Å². The van der Waals surface area contributed by atoms with Crippen LogP contribution >= 0.6 is 11.6 Å². The molecule has 186 valence electrons. The topological polar surface area (TPSA) is 60.2 Å². The normalized spacial score (nSPS) is 15.8. The lowest BCUT2D eigenvalue weighted by Crippen LogP contribution is -2.35. The third-order valence-corrected chi connectivity index (χ3v) is 7.35. The molecule has 1 aliphatic rings. The summed E-state index contributed by atoms with van der Waals surface area (Å²) in [5, 5.41) is 5.27. The second-order valence-corrected chi connectivity index (χ2v) is 10.3. The van der Waals surface area contributed by atoms with Crippen molar-refractivity contribution in [2.24, 2.45) is 5.73 Å². The molecule has 1 fully saturated rings. The average molecular weight is 500 g/mol. The number of nitrogens with one attached hydrogen (secondary N) is 1. The Kier molecular flexibility index (Phi) is 7.56. The van der Waals surface area contributed by atoms with Crippen molar-refractivity contribution in [3.63, 3.8) is 0 Å². The van der Waals surface area contributed by atoms with Crippen molar-refractivity contribution >= 4 is 22.5 Å². The van der Waals surface area contributed by atoms with E-state index in [1.165, 1.54) is 30.4 Å². The number of halogens is 1. The number of rotatable bonds is 7. The summed E-state index contributed by atoms with van der Waals surface area (Å²) in [6.45, 7) is 6.49. The van der Waals surface area contributed by atoms with E-state index in [2.05, 4.69) is 55.6 Å².